The molecule has 0 amide bonds. The molecule has 0 aromatic heterocycles. The number of piperazine rings is 1. The summed E-state index contributed by atoms with van der Waals surface area (Å²) in [6.07, 6.45) is 0.438. The van der Waals surface area contributed by atoms with E-state index in [0.29, 0.717) is 44.2 Å². The van der Waals surface area contributed by atoms with Gasteiger partial charge in [-0.15, -0.1) is 0 Å². The van der Waals surface area contributed by atoms with Crippen LogP contribution >= 0.6 is 11.6 Å². The van der Waals surface area contributed by atoms with Crippen LogP contribution in [-0.2, 0) is 10.0 Å². The van der Waals surface area contributed by atoms with Gasteiger partial charge in [-0.25, -0.2) is 8.42 Å². The predicted molar refractivity (Wildman–Crippen MR) is 102 cm³/mol. The number of carbonyl (C=O) groups excluding carboxylic acids is 1. The molecule has 0 aliphatic carbocycles. The van der Waals surface area contributed by atoms with Gasteiger partial charge in [0.05, 0.1) is 4.90 Å². The maximum absolute atomic E-state index is 12.7. The van der Waals surface area contributed by atoms with Crippen LogP contribution in [0.25, 0.3) is 0 Å². The Morgan fingerprint density at radius 1 is 0.923 bits per heavy atom. The summed E-state index contributed by atoms with van der Waals surface area (Å²) < 4.78 is 26.8. The Bertz CT molecular complexity index is 846. The van der Waals surface area contributed by atoms with Gasteiger partial charge in [-0.05, 0) is 24.3 Å². The van der Waals surface area contributed by atoms with Crippen molar-refractivity contribution in [2.24, 2.45) is 0 Å². The number of ketones is 1. The van der Waals surface area contributed by atoms with Crippen molar-refractivity contribution in [2.75, 3.05) is 32.7 Å². The highest BCUT2D eigenvalue weighted by molar-refractivity contribution is 7.89. The van der Waals surface area contributed by atoms with Crippen LogP contribution in [0.3, 0.4) is 0 Å². The highest BCUT2D eigenvalue weighted by Gasteiger charge is 2.28. The predicted octanol–water partition coefficient (Wildman–Crippen LogP) is 2.92. The van der Waals surface area contributed by atoms with Gasteiger partial charge in [-0.2, -0.15) is 4.31 Å². The van der Waals surface area contributed by atoms with Gasteiger partial charge in [0.2, 0.25) is 10.0 Å². The first-order chi connectivity index (χ1) is 12.5. The molecule has 138 valence electrons. The second-order valence-electron chi connectivity index (χ2n) is 6.24. The third-order valence-corrected chi connectivity index (χ3v) is 6.70. The third kappa shape index (κ3) is 4.51. The Hall–Kier alpha value is -1.73. The van der Waals surface area contributed by atoms with Crippen LogP contribution in [0.4, 0.5) is 0 Å². The molecule has 1 heterocycles. The molecule has 5 nitrogen and oxygen atoms in total. The van der Waals surface area contributed by atoms with Crippen molar-refractivity contribution in [1.82, 2.24) is 9.21 Å². The van der Waals surface area contributed by atoms with Crippen LogP contribution in [0.2, 0.25) is 5.02 Å². The lowest BCUT2D eigenvalue weighted by atomic mass is 10.1. The Labute approximate surface area is 159 Å². The minimum absolute atomic E-state index is 0.113. The Kier molecular flexibility index (Phi) is 6.09. The van der Waals surface area contributed by atoms with E-state index < -0.39 is 10.0 Å². The summed E-state index contributed by atoms with van der Waals surface area (Å²) >= 11 is 5.83. The molecule has 0 spiro atoms. The van der Waals surface area contributed by atoms with Gasteiger partial charge in [-0.3, -0.25) is 4.79 Å². The average molecular weight is 393 g/mol. The van der Waals surface area contributed by atoms with Gasteiger partial charge < -0.3 is 4.90 Å². The molecular weight excluding hydrogens is 372 g/mol. The minimum Gasteiger partial charge on any atom is -0.300 e. The molecule has 1 aliphatic rings. The number of nitrogens with zero attached hydrogens (tertiary/aromatic N) is 2. The standard InChI is InChI=1S/C19H21ClN2O3S/c20-17-6-8-18(9-7-17)26(24,25)22-14-12-21(13-15-22)11-10-19(23)16-4-2-1-3-5-16/h1-9H,10-15H2. The Morgan fingerprint density at radius 2 is 1.54 bits per heavy atom. The van der Waals surface area contributed by atoms with Crippen molar-refractivity contribution < 1.29 is 13.2 Å². The average Bonchev–Trinajstić information content (AvgIpc) is 2.67. The van der Waals surface area contributed by atoms with Crippen molar-refractivity contribution in [2.45, 2.75) is 11.3 Å². The number of hydrogen-bond acceptors (Lipinski definition) is 4. The molecule has 0 atom stereocenters. The molecule has 2 aromatic rings. The maximum atomic E-state index is 12.7. The fourth-order valence-corrected chi connectivity index (χ4v) is 4.53. The molecule has 0 unspecified atom stereocenters. The molecule has 1 fully saturated rings. The van der Waals surface area contributed by atoms with E-state index in [9.17, 15) is 13.2 Å². The summed E-state index contributed by atoms with van der Waals surface area (Å²) in [5.41, 5.74) is 0.719. The van der Waals surface area contributed by atoms with Crippen LogP contribution < -0.4 is 0 Å². The van der Waals surface area contributed by atoms with Gasteiger partial charge >= 0.3 is 0 Å². The van der Waals surface area contributed by atoms with E-state index in [1.165, 1.54) is 16.4 Å². The molecule has 1 saturated heterocycles. The van der Waals surface area contributed by atoms with Gasteiger partial charge in [0, 0.05) is 49.7 Å². The van der Waals surface area contributed by atoms with E-state index in [1.54, 1.807) is 12.1 Å². The van der Waals surface area contributed by atoms with Gasteiger partial charge in [-0.1, -0.05) is 41.9 Å². The molecule has 3 rings (SSSR count). The second-order valence-corrected chi connectivity index (χ2v) is 8.61. The fraction of sp³-hybridized carbons (Fsp3) is 0.316. The van der Waals surface area contributed by atoms with Crippen LogP contribution in [0.5, 0.6) is 0 Å². The zero-order valence-corrected chi connectivity index (χ0v) is 15.9. The summed E-state index contributed by atoms with van der Waals surface area (Å²) in [5.74, 6) is 0.113. The van der Waals surface area contributed by atoms with Crippen molar-refractivity contribution in [3.8, 4) is 0 Å². The molecular formula is C19H21ClN2O3S. The van der Waals surface area contributed by atoms with Gasteiger partial charge in [0.15, 0.2) is 5.78 Å². The van der Waals surface area contributed by atoms with Crippen LogP contribution in [0, 0.1) is 0 Å². The summed E-state index contributed by atoms with van der Waals surface area (Å²) in [6.45, 7) is 2.72. The quantitative estimate of drug-likeness (QED) is 0.709. The molecule has 1 aliphatic heterocycles. The largest absolute Gasteiger partial charge is 0.300 e. The Morgan fingerprint density at radius 3 is 2.15 bits per heavy atom. The fourth-order valence-electron chi connectivity index (χ4n) is 2.98. The van der Waals surface area contributed by atoms with E-state index in [-0.39, 0.29) is 10.7 Å². The third-order valence-electron chi connectivity index (χ3n) is 4.53. The van der Waals surface area contributed by atoms with Crippen LogP contribution in [-0.4, -0.2) is 56.1 Å². The van der Waals surface area contributed by atoms with Crippen molar-refractivity contribution in [1.29, 1.82) is 0 Å². The van der Waals surface area contributed by atoms with Crippen LogP contribution in [0.1, 0.15) is 16.8 Å². The van der Waals surface area contributed by atoms with E-state index in [4.69, 9.17) is 11.6 Å². The van der Waals surface area contributed by atoms with Gasteiger partial charge in [0.25, 0.3) is 0 Å². The van der Waals surface area contributed by atoms with E-state index in [1.807, 2.05) is 30.3 Å². The van der Waals surface area contributed by atoms with Crippen LogP contribution in [0.15, 0.2) is 59.5 Å². The van der Waals surface area contributed by atoms with Crippen molar-refractivity contribution >= 4 is 27.4 Å². The summed E-state index contributed by atoms with van der Waals surface area (Å²) in [6, 6.07) is 15.5. The van der Waals surface area contributed by atoms with Crippen molar-refractivity contribution in [3.05, 3.63) is 65.2 Å². The zero-order valence-electron chi connectivity index (χ0n) is 14.3. The monoisotopic (exact) mass is 392 g/mol. The molecule has 2 aromatic carbocycles. The second kappa shape index (κ2) is 8.31. The first-order valence-corrected chi connectivity index (χ1v) is 10.3. The maximum Gasteiger partial charge on any atom is 0.243 e. The summed E-state index contributed by atoms with van der Waals surface area (Å²) in [7, 11) is -3.50. The number of hydrogen-bond donors (Lipinski definition) is 0. The molecule has 0 bridgehead atoms. The lowest BCUT2D eigenvalue weighted by Crippen LogP contribution is -2.48. The lowest BCUT2D eigenvalue weighted by molar-refractivity contribution is 0.0952. The number of Topliss-reactive ketones (excluding diaryl/α,β-unsaturated/α-hetero) is 1. The highest BCUT2D eigenvalue weighted by atomic mass is 35.5. The summed E-state index contributed by atoms with van der Waals surface area (Å²) in [4.78, 5) is 14.6. The number of sulfonamides is 1. The topological polar surface area (TPSA) is 57.7 Å². The minimum atomic E-state index is -3.50. The molecule has 7 heteroatoms. The number of rotatable bonds is 6. The lowest BCUT2D eigenvalue weighted by Gasteiger charge is -2.33. The van der Waals surface area contributed by atoms with E-state index in [0.717, 1.165) is 5.56 Å². The molecule has 0 N–H and O–H groups in total. The normalized spacial score (nSPS) is 16.5. The smallest absolute Gasteiger partial charge is 0.243 e. The molecule has 26 heavy (non-hydrogen) atoms. The SMILES string of the molecule is O=C(CCN1CCN(S(=O)(=O)c2ccc(Cl)cc2)CC1)c1ccccc1. The summed E-state index contributed by atoms with van der Waals surface area (Å²) in [5, 5.41) is 0.511. The highest BCUT2D eigenvalue weighted by Crippen LogP contribution is 2.20. The van der Waals surface area contributed by atoms with Gasteiger partial charge in [0.1, 0.15) is 0 Å². The number of halogens is 1. The van der Waals surface area contributed by atoms with E-state index >= 15 is 0 Å². The molecule has 0 radical (unpaired) electrons. The number of carbonyl (C=O) groups is 1. The number of benzene rings is 2. The first kappa shape index (κ1) is 19.0. The first-order valence-electron chi connectivity index (χ1n) is 8.53. The Balaban J connectivity index is 1.52. The molecule has 0 saturated carbocycles. The van der Waals surface area contributed by atoms with E-state index in [2.05, 4.69) is 4.90 Å². The zero-order chi connectivity index (χ0) is 18.6. The van der Waals surface area contributed by atoms with Crippen molar-refractivity contribution in [3.63, 3.8) is 0 Å².